The summed E-state index contributed by atoms with van der Waals surface area (Å²) < 4.78 is 36.7. The first-order valence-electron chi connectivity index (χ1n) is 4.20. The second-order valence-electron chi connectivity index (χ2n) is 2.73. The summed E-state index contributed by atoms with van der Waals surface area (Å²) in [6.07, 6.45) is -3.65. The Morgan fingerprint density at radius 3 is 2.57 bits per heavy atom. The van der Waals surface area contributed by atoms with E-state index in [4.69, 9.17) is 0 Å². The summed E-state index contributed by atoms with van der Waals surface area (Å²) in [6.45, 7) is 1.85. The Morgan fingerprint density at radius 1 is 1.29 bits per heavy atom. The highest BCUT2D eigenvalue weighted by atomic mass is 19.4. The zero-order valence-corrected chi connectivity index (χ0v) is 7.65. The summed E-state index contributed by atoms with van der Waals surface area (Å²) in [6, 6.07) is 5.03. The van der Waals surface area contributed by atoms with E-state index in [1.165, 1.54) is 6.07 Å². The van der Waals surface area contributed by atoms with Crippen LogP contribution in [0.2, 0.25) is 0 Å². The van der Waals surface area contributed by atoms with Gasteiger partial charge in [-0.3, -0.25) is 0 Å². The minimum absolute atomic E-state index is 0.404. The van der Waals surface area contributed by atoms with Gasteiger partial charge in [0.25, 0.3) is 0 Å². The molecular formula is C11H9F3. The van der Waals surface area contributed by atoms with Crippen molar-refractivity contribution < 1.29 is 13.2 Å². The molecule has 3 heteroatoms. The first kappa shape index (κ1) is 10.6. The number of hydrogen-bond acceptors (Lipinski definition) is 0. The van der Waals surface area contributed by atoms with Gasteiger partial charge in [-0.05, 0) is 18.2 Å². The van der Waals surface area contributed by atoms with Crippen molar-refractivity contribution in [2.24, 2.45) is 0 Å². The molecule has 0 spiro atoms. The highest BCUT2D eigenvalue weighted by Crippen LogP contribution is 2.29. The summed E-state index contributed by atoms with van der Waals surface area (Å²) in [5.74, 6) is 5.38. The number of benzene rings is 1. The van der Waals surface area contributed by atoms with Crippen LogP contribution in [0.25, 0.3) is 0 Å². The van der Waals surface area contributed by atoms with Gasteiger partial charge in [0.05, 0.1) is 5.56 Å². The Balaban J connectivity index is 3.02. The van der Waals surface area contributed by atoms with E-state index in [9.17, 15) is 13.2 Å². The van der Waals surface area contributed by atoms with Gasteiger partial charge in [0.2, 0.25) is 0 Å². The minimum Gasteiger partial charge on any atom is -0.166 e. The monoisotopic (exact) mass is 198 g/mol. The zero-order valence-electron chi connectivity index (χ0n) is 7.65. The highest BCUT2D eigenvalue weighted by molar-refractivity contribution is 5.37. The SMILES string of the molecule is CCC#Cc1cccc(C(F)(F)F)c1. The van der Waals surface area contributed by atoms with Gasteiger partial charge in [-0.15, -0.1) is 0 Å². The molecule has 0 nitrogen and oxygen atoms in total. The maximum absolute atomic E-state index is 12.2. The maximum atomic E-state index is 12.2. The molecule has 0 aliphatic heterocycles. The van der Waals surface area contributed by atoms with E-state index in [1.54, 1.807) is 6.07 Å². The number of halogens is 3. The molecule has 1 rings (SSSR count). The Kier molecular flexibility index (Phi) is 3.19. The van der Waals surface area contributed by atoms with Gasteiger partial charge >= 0.3 is 6.18 Å². The molecule has 0 amide bonds. The third-order valence-electron chi connectivity index (χ3n) is 1.60. The highest BCUT2D eigenvalue weighted by Gasteiger charge is 2.30. The van der Waals surface area contributed by atoms with Crippen LogP contribution < -0.4 is 0 Å². The average Bonchev–Trinajstić information content (AvgIpc) is 2.14. The normalized spacial score (nSPS) is 10.6. The fourth-order valence-electron chi connectivity index (χ4n) is 0.964. The van der Waals surface area contributed by atoms with Gasteiger partial charge in [-0.1, -0.05) is 24.8 Å². The van der Waals surface area contributed by atoms with Crippen molar-refractivity contribution in [1.29, 1.82) is 0 Å². The van der Waals surface area contributed by atoms with Crippen molar-refractivity contribution in [3.05, 3.63) is 35.4 Å². The van der Waals surface area contributed by atoms with Crippen LogP contribution in [0, 0.1) is 11.8 Å². The molecule has 0 heterocycles. The molecule has 0 radical (unpaired) electrons. The Hall–Kier alpha value is -1.43. The molecule has 14 heavy (non-hydrogen) atoms. The first-order chi connectivity index (χ1) is 6.54. The summed E-state index contributed by atoms with van der Waals surface area (Å²) in [5.41, 5.74) is -0.248. The van der Waals surface area contributed by atoms with Gasteiger partial charge in [-0.25, -0.2) is 0 Å². The van der Waals surface area contributed by atoms with E-state index in [0.717, 1.165) is 12.1 Å². The van der Waals surface area contributed by atoms with Crippen LogP contribution in [-0.4, -0.2) is 0 Å². The topological polar surface area (TPSA) is 0 Å². The second-order valence-corrected chi connectivity index (χ2v) is 2.73. The fraction of sp³-hybridized carbons (Fsp3) is 0.273. The van der Waals surface area contributed by atoms with E-state index in [2.05, 4.69) is 11.8 Å². The van der Waals surface area contributed by atoms with Crippen molar-refractivity contribution >= 4 is 0 Å². The predicted octanol–water partition coefficient (Wildman–Crippen LogP) is 3.47. The lowest BCUT2D eigenvalue weighted by atomic mass is 10.1. The number of rotatable bonds is 0. The van der Waals surface area contributed by atoms with Crippen LogP contribution >= 0.6 is 0 Å². The van der Waals surface area contributed by atoms with Crippen molar-refractivity contribution in [3.8, 4) is 11.8 Å². The lowest BCUT2D eigenvalue weighted by Crippen LogP contribution is -2.04. The van der Waals surface area contributed by atoms with Crippen LogP contribution in [0.1, 0.15) is 24.5 Å². The van der Waals surface area contributed by atoms with Crippen molar-refractivity contribution in [3.63, 3.8) is 0 Å². The molecule has 0 N–H and O–H groups in total. The lowest BCUT2D eigenvalue weighted by Gasteiger charge is -2.05. The molecule has 0 saturated carbocycles. The molecule has 0 unspecified atom stereocenters. The van der Waals surface area contributed by atoms with Gasteiger partial charge in [-0.2, -0.15) is 13.2 Å². The molecule has 0 aliphatic carbocycles. The lowest BCUT2D eigenvalue weighted by molar-refractivity contribution is -0.137. The molecule has 74 valence electrons. The molecule has 0 aromatic heterocycles. The molecule has 0 fully saturated rings. The largest absolute Gasteiger partial charge is 0.416 e. The van der Waals surface area contributed by atoms with Gasteiger partial charge in [0.15, 0.2) is 0 Å². The van der Waals surface area contributed by atoms with Gasteiger partial charge in [0.1, 0.15) is 0 Å². The Bertz CT molecular complexity index is 366. The van der Waals surface area contributed by atoms with E-state index >= 15 is 0 Å². The van der Waals surface area contributed by atoms with Gasteiger partial charge < -0.3 is 0 Å². The molecule has 0 saturated heterocycles. The molecule has 0 bridgehead atoms. The second kappa shape index (κ2) is 4.19. The quantitative estimate of drug-likeness (QED) is 0.560. The third kappa shape index (κ3) is 2.81. The van der Waals surface area contributed by atoms with Crippen LogP contribution in [-0.2, 0) is 6.18 Å². The molecule has 1 aromatic carbocycles. The molecule has 0 atom stereocenters. The summed E-state index contributed by atoms with van der Waals surface area (Å²) in [5, 5.41) is 0. The van der Waals surface area contributed by atoms with Crippen molar-refractivity contribution in [2.45, 2.75) is 19.5 Å². The van der Waals surface area contributed by atoms with Gasteiger partial charge in [0, 0.05) is 12.0 Å². The Morgan fingerprint density at radius 2 is 2.00 bits per heavy atom. The molecule has 0 aliphatic rings. The van der Waals surface area contributed by atoms with E-state index < -0.39 is 11.7 Å². The zero-order chi connectivity index (χ0) is 10.6. The van der Waals surface area contributed by atoms with E-state index in [1.807, 2.05) is 6.92 Å². The summed E-state index contributed by atoms with van der Waals surface area (Å²) in [7, 11) is 0. The van der Waals surface area contributed by atoms with E-state index in [0.29, 0.717) is 12.0 Å². The number of alkyl halides is 3. The van der Waals surface area contributed by atoms with E-state index in [-0.39, 0.29) is 0 Å². The van der Waals surface area contributed by atoms with Crippen LogP contribution in [0.4, 0.5) is 13.2 Å². The maximum Gasteiger partial charge on any atom is 0.416 e. The third-order valence-corrected chi connectivity index (χ3v) is 1.60. The first-order valence-corrected chi connectivity index (χ1v) is 4.20. The molecule has 1 aromatic rings. The average molecular weight is 198 g/mol. The fourth-order valence-corrected chi connectivity index (χ4v) is 0.964. The van der Waals surface area contributed by atoms with Crippen molar-refractivity contribution in [1.82, 2.24) is 0 Å². The number of hydrogen-bond donors (Lipinski definition) is 0. The minimum atomic E-state index is -4.29. The summed E-state index contributed by atoms with van der Waals surface area (Å²) in [4.78, 5) is 0. The van der Waals surface area contributed by atoms with Crippen LogP contribution in [0.5, 0.6) is 0 Å². The predicted molar refractivity (Wildman–Crippen MR) is 48.6 cm³/mol. The smallest absolute Gasteiger partial charge is 0.166 e. The summed E-state index contributed by atoms with van der Waals surface area (Å²) >= 11 is 0. The van der Waals surface area contributed by atoms with Crippen LogP contribution in [0.3, 0.4) is 0 Å². The molecular weight excluding hydrogens is 189 g/mol. The van der Waals surface area contributed by atoms with Crippen LogP contribution in [0.15, 0.2) is 24.3 Å². The Labute approximate surface area is 80.8 Å². The standard InChI is InChI=1S/C11H9F3/c1-2-3-5-9-6-4-7-10(8-9)11(12,13)14/h4,6-8H,2H2,1H3. The van der Waals surface area contributed by atoms with Crippen molar-refractivity contribution in [2.75, 3.05) is 0 Å².